The average molecular weight is 300 g/mol. The number of amides is 1. The van der Waals surface area contributed by atoms with Gasteiger partial charge < -0.3 is 29.9 Å². The van der Waals surface area contributed by atoms with E-state index >= 15 is 0 Å². The van der Waals surface area contributed by atoms with Gasteiger partial charge >= 0.3 is 0 Å². The summed E-state index contributed by atoms with van der Waals surface area (Å²) < 4.78 is 5.12. The lowest BCUT2D eigenvalue weighted by molar-refractivity contribution is -0.138. The lowest BCUT2D eigenvalue weighted by atomic mass is 10.0. The molecule has 0 spiro atoms. The molecule has 1 rings (SSSR count). The molecule has 8 nitrogen and oxygen atoms in total. The fraction of sp³-hybridized carbons (Fsp3) is 0.769. The van der Waals surface area contributed by atoms with Gasteiger partial charge in [-0.15, -0.1) is 0 Å². The van der Waals surface area contributed by atoms with E-state index in [4.69, 9.17) is 4.74 Å². The van der Waals surface area contributed by atoms with Crippen molar-refractivity contribution in [1.82, 2.24) is 20.4 Å². The highest BCUT2D eigenvalue weighted by Gasteiger charge is 2.35. The molecule has 0 atom stereocenters. The van der Waals surface area contributed by atoms with Crippen molar-refractivity contribution in [3.63, 3.8) is 0 Å². The first-order chi connectivity index (χ1) is 10.2. The Morgan fingerprint density at radius 1 is 1.05 bits per heavy atom. The molecule has 120 valence electrons. The van der Waals surface area contributed by atoms with Crippen molar-refractivity contribution in [2.24, 2.45) is 0 Å². The third-order valence-corrected chi connectivity index (χ3v) is 3.53. The molecule has 8 heteroatoms. The Hall–Kier alpha value is -1.35. The molecule has 1 aliphatic rings. The first kappa shape index (κ1) is 17.7. The van der Waals surface area contributed by atoms with Gasteiger partial charge in [0, 0.05) is 52.9 Å². The van der Waals surface area contributed by atoms with Crippen LogP contribution in [-0.2, 0) is 19.1 Å². The van der Waals surface area contributed by atoms with Gasteiger partial charge in [-0.2, -0.15) is 0 Å². The fourth-order valence-corrected chi connectivity index (χ4v) is 2.21. The molecular formula is C13H24N4O4. The van der Waals surface area contributed by atoms with Crippen molar-refractivity contribution < 1.29 is 19.1 Å². The van der Waals surface area contributed by atoms with Crippen LogP contribution in [0.15, 0.2) is 0 Å². The first-order valence-electron chi connectivity index (χ1n) is 7.00. The summed E-state index contributed by atoms with van der Waals surface area (Å²) in [7, 11) is 1.60. The van der Waals surface area contributed by atoms with E-state index in [1.54, 1.807) is 7.11 Å². The molecule has 0 aromatic heterocycles. The predicted octanol–water partition coefficient (Wildman–Crippen LogP) is -2.32. The van der Waals surface area contributed by atoms with E-state index < -0.39 is 5.54 Å². The van der Waals surface area contributed by atoms with Gasteiger partial charge in [0.1, 0.15) is 0 Å². The van der Waals surface area contributed by atoms with E-state index in [9.17, 15) is 14.4 Å². The average Bonchev–Trinajstić information content (AvgIpc) is 2.50. The van der Waals surface area contributed by atoms with E-state index in [1.165, 1.54) is 4.90 Å². The zero-order valence-corrected chi connectivity index (χ0v) is 12.4. The van der Waals surface area contributed by atoms with Gasteiger partial charge in [0.2, 0.25) is 6.41 Å². The van der Waals surface area contributed by atoms with Crippen LogP contribution in [0.5, 0.6) is 0 Å². The standard InChI is InChI=1S/C13H24N4O4/c1-21-12-16-5-4-14-2-3-15-8-13(9-18,10-19)17(11-20)7-6-16/h9-11,14-15H,2-8,12H2,1H3. The number of hydrogen-bond donors (Lipinski definition) is 2. The summed E-state index contributed by atoms with van der Waals surface area (Å²) in [6.45, 7) is 4.25. The lowest BCUT2D eigenvalue weighted by Gasteiger charge is -2.35. The monoisotopic (exact) mass is 300 g/mol. The van der Waals surface area contributed by atoms with Crippen molar-refractivity contribution in [2.45, 2.75) is 5.54 Å². The van der Waals surface area contributed by atoms with Crippen molar-refractivity contribution in [1.29, 1.82) is 0 Å². The molecule has 0 aliphatic carbocycles. The van der Waals surface area contributed by atoms with E-state index in [0.29, 0.717) is 38.8 Å². The normalized spacial score (nSPS) is 21.9. The predicted molar refractivity (Wildman–Crippen MR) is 76.8 cm³/mol. The number of aldehydes is 2. The van der Waals surface area contributed by atoms with E-state index in [0.717, 1.165) is 19.6 Å². The molecular weight excluding hydrogens is 276 g/mol. The van der Waals surface area contributed by atoms with Gasteiger partial charge in [-0.1, -0.05) is 0 Å². The molecule has 1 heterocycles. The van der Waals surface area contributed by atoms with Gasteiger partial charge in [0.25, 0.3) is 0 Å². The largest absolute Gasteiger partial charge is 0.369 e. The molecule has 0 saturated carbocycles. The minimum absolute atomic E-state index is 0.116. The Balaban J connectivity index is 2.83. The Morgan fingerprint density at radius 2 is 1.76 bits per heavy atom. The van der Waals surface area contributed by atoms with Crippen LogP contribution in [0.3, 0.4) is 0 Å². The molecule has 1 aliphatic heterocycles. The zero-order valence-electron chi connectivity index (χ0n) is 12.4. The Labute approximate surface area is 124 Å². The van der Waals surface area contributed by atoms with Crippen molar-refractivity contribution >= 4 is 19.0 Å². The van der Waals surface area contributed by atoms with E-state index in [1.807, 2.05) is 4.90 Å². The van der Waals surface area contributed by atoms with Crippen molar-refractivity contribution in [3.05, 3.63) is 0 Å². The van der Waals surface area contributed by atoms with Crippen LogP contribution in [-0.4, -0.2) is 94.0 Å². The van der Waals surface area contributed by atoms with Crippen molar-refractivity contribution in [2.75, 3.05) is 59.7 Å². The molecule has 1 fully saturated rings. The Morgan fingerprint density at radius 3 is 2.38 bits per heavy atom. The fourth-order valence-electron chi connectivity index (χ4n) is 2.21. The summed E-state index contributed by atoms with van der Waals surface area (Å²) in [6, 6.07) is 0. The van der Waals surface area contributed by atoms with Crippen LogP contribution >= 0.6 is 0 Å². The second kappa shape index (κ2) is 9.56. The quantitative estimate of drug-likeness (QED) is 0.435. The number of nitrogens with one attached hydrogen (secondary N) is 2. The number of carbonyl (C=O) groups excluding carboxylic acids is 3. The Bertz CT molecular complexity index is 332. The van der Waals surface area contributed by atoms with Gasteiger partial charge in [-0.25, -0.2) is 0 Å². The SMILES string of the molecule is COCN1CCNCCNCC(C=O)(C=O)N(C=O)CC1. The summed E-state index contributed by atoms with van der Waals surface area (Å²) in [5.41, 5.74) is -1.44. The maximum absolute atomic E-state index is 11.4. The van der Waals surface area contributed by atoms with Crippen LogP contribution in [0, 0.1) is 0 Å². The van der Waals surface area contributed by atoms with Crippen LogP contribution in [0.1, 0.15) is 0 Å². The number of ether oxygens (including phenoxy) is 1. The summed E-state index contributed by atoms with van der Waals surface area (Å²) in [4.78, 5) is 37.3. The summed E-state index contributed by atoms with van der Waals surface area (Å²) in [6.07, 6.45) is 1.61. The number of rotatable bonds is 5. The number of nitrogens with zero attached hydrogens (tertiary/aromatic N) is 2. The number of hydrogen-bond acceptors (Lipinski definition) is 7. The van der Waals surface area contributed by atoms with Gasteiger partial charge in [0.15, 0.2) is 18.1 Å². The lowest BCUT2D eigenvalue weighted by Crippen LogP contribution is -2.59. The number of methoxy groups -OCH3 is 1. The highest BCUT2D eigenvalue weighted by molar-refractivity contribution is 5.92. The molecule has 1 saturated heterocycles. The third kappa shape index (κ3) is 5.16. The molecule has 0 bridgehead atoms. The molecule has 0 unspecified atom stereocenters. The van der Waals surface area contributed by atoms with Crippen LogP contribution in [0.2, 0.25) is 0 Å². The van der Waals surface area contributed by atoms with Crippen LogP contribution < -0.4 is 10.6 Å². The third-order valence-electron chi connectivity index (χ3n) is 3.53. The molecule has 0 radical (unpaired) electrons. The summed E-state index contributed by atoms with van der Waals surface area (Å²) in [5, 5.41) is 6.29. The number of carbonyl (C=O) groups is 3. The maximum Gasteiger partial charge on any atom is 0.210 e. The minimum Gasteiger partial charge on any atom is -0.369 e. The van der Waals surface area contributed by atoms with Gasteiger partial charge in [-0.05, 0) is 0 Å². The zero-order chi connectivity index (χ0) is 15.6. The van der Waals surface area contributed by atoms with Crippen molar-refractivity contribution in [3.8, 4) is 0 Å². The van der Waals surface area contributed by atoms with Crippen LogP contribution in [0.4, 0.5) is 0 Å². The highest BCUT2D eigenvalue weighted by Crippen LogP contribution is 2.08. The molecule has 0 aromatic carbocycles. The molecule has 0 aromatic rings. The first-order valence-corrected chi connectivity index (χ1v) is 7.00. The smallest absolute Gasteiger partial charge is 0.210 e. The Kier molecular flexibility index (Phi) is 8.06. The van der Waals surface area contributed by atoms with Gasteiger partial charge in [-0.3, -0.25) is 9.69 Å². The molecule has 2 N–H and O–H groups in total. The van der Waals surface area contributed by atoms with E-state index in [2.05, 4.69) is 10.6 Å². The molecule has 1 amide bonds. The molecule has 21 heavy (non-hydrogen) atoms. The van der Waals surface area contributed by atoms with E-state index in [-0.39, 0.29) is 13.1 Å². The van der Waals surface area contributed by atoms with Gasteiger partial charge in [0.05, 0.1) is 6.73 Å². The topological polar surface area (TPSA) is 91.0 Å². The maximum atomic E-state index is 11.4. The minimum atomic E-state index is -1.44. The second-order valence-corrected chi connectivity index (χ2v) is 4.99. The second-order valence-electron chi connectivity index (χ2n) is 4.99. The van der Waals surface area contributed by atoms with Crippen LogP contribution in [0.25, 0.3) is 0 Å². The summed E-state index contributed by atoms with van der Waals surface area (Å²) >= 11 is 0. The highest BCUT2D eigenvalue weighted by atomic mass is 16.5. The summed E-state index contributed by atoms with van der Waals surface area (Å²) in [5.74, 6) is 0.